The molecule has 3 saturated carbocycles. The van der Waals surface area contributed by atoms with E-state index in [1.54, 1.807) is 7.11 Å². The van der Waals surface area contributed by atoms with Crippen molar-refractivity contribution in [1.82, 2.24) is 0 Å². The zero-order valence-electron chi connectivity index (χ0n) is 25.6. The molecule has 3 aliphatic rings. The summed E-state index contributed by atoms with van der Waals surface area (Å²) in [6.45, 7) is 1.92. The molecular formula is C35H46F4O3S. The Morgan fingerprint density at radius 2 is 1.14 bits per heavy atom. The largest absolute Gasteiger partial charge is 0.450 e. The van der Waals surface area contributed by atoms with Crippen molar-refractivity contribution < 1.29 is 31.2 Å². The molecule has 5 rings (SSSR count). The van der Waals surface area contributed by atoms with Crippen LogP contribution in [0.25, 0.3) is 0 Å². The maximum absolute atomic E-state index is 15.6. The number of halogens is 4. The monoisotopic (exact) mass is 622 g/mol. The van der Waals surface area contributed by atoms with E-state index < -0.39 is 33.9 Å². The van der Waals surface area contributed by atoms with Crippen molar-refractivity contribution in [3.05, 3.63) is 52.1 Å². The third-order valence-electron chi connectivity index (χ3n) is 9.87. The Hall–Kier alpha value is -1.77. The fourth-order valence-electron chi connectivity index (χ4n) is 7.21. The predicted molar refractivity (Wildman–Crippen MR) is 163 cm³/mol. The fraction of sp³-hybridized carbons (Fsp3) is 0.657. The molecule has 43 heavy (non-hydrogen) atoms. The summed E-state index contributed by atoms with van der Waals surface area (Å²) in [6.07, 6.45) is 16.8. The van der Waals surface area contributed by atoms with E-state index in [-0.39, 0.29) is 24.5 Å². The number of hydrogen-bond acceptors (Lipinski definition) is 4. The summed E-state index contributed by atoms with van der Waals surface area (Å²) < 4.78 is 78.3. The van der Waals surface area contributed by atoms with Crippen molar-refractivity contribution in [2.45, 2.75) is 138 Å². The van der Waals surface area contributed by atoms with Gasteiger partial charge in [0.25, 0.3) is 0 Å². The van der Waals surface area contributed by atoms with E-state index in [1.165, 1.54) is 24.8 Å². The lowest BCUT2D eigenvalue weighted by Gasteiger charge is -2.32. The van der Waals surface area contributed by atoms with Crippen LogP contribution in [0.5, 0.6) is 11.5 Å². The number of methoxy groups -OCH3 is 1. The van der Waals surface area contributed by atoms with E-state index in [4.69, 9.17) is 13.7 Å². The highest BCUT2D eigenvalue weighted by molar-refractivity contribution is 7.94. The van der Waals surface area contributed by atoms with Gasteiger partial charge in [0, 0.05) is 19.2 Å². The second-order valence-electron chi connectivity index (χ2n) is 12.8. The van der Waals surface area contributed by atoms with Gasteiger partial charge in [-0.05, 0) is 86.3 Å². The lowest BCUT2D eigenvalue weighted by Crippen LogP contribution is -2.15. The molecule has 0 N–H and O–H groups in total. The molecule has 0 aliphatic heterocycles. The molecule has 3 aliphatic carbocycles. The van der Waals surface area contributed by atoms with E-state index >= 15 is 17.6 Å². The van der Waals surface area contributed by atoms with E-state index in [1.807, 2.05) is 6.92 Å². The van der Waals surface area contributed by atoms with Crippen molar-refractivity contribution in [3.8, 4) is 11.5 Å². The van der Waals surface area contributed by atoms with Crippen LogP contribution in [0.4, 0.5) is 17.6 Å². The minimum atomic E-state index is -1.53. The molecule has 3 fully saturated rings. The highest BCUT2D eigenvalue weighted by atomic mass is 32.2. The average molecular weight is 623 g/mol. The maximum Gasteiger partial charge on any atom is 0.205 e. The van der Waals surface area contributed by atoms with Gasteiger partial charge in [-0.15, -0.1) is 0 Å². The minimum absolute atomic E-state index is 0.100. The SMILES string of the molecule is COC(C)CCOSc1c(F)c(F)c(Oc2c(C3CCCCC3)cc(C3CCCCC3)cc2C2CCCCC2)c(F)c1F. The first-order valence-electron chi connectivity index (χ1n) is 16.4. The van der Waals surface area contributed by atoms with Crippen LogP contribution in [0.3, 0.4) is 0 Å². The number of benzene rings is 2. The molecule has 0 saturated heterocycles. The zero-order chi connectivity index (χ0) is 30.3. The lowest BCUT2D eigenvalue weighted by atomic mass is 9.75. The molecular weight excluding hydrogens is 576 g/mol. The van der Waals surface area contributed by atoms with Gasteiger partial charge < -0.3 is 13.7 Å². The summed E-state index contributed by atoms with van der Waals surface area (Å²) in [4.78, 5) is -0.847. The molecule has 0 heterocycles. The highest BCUT2D eigenvalue weighted by Gasteiger charge is 2.33. The average Bonchev–Trinajstić information content (AvgIpc) is 3.06. The molecule has 238 valence electrons. The van der Waals surface area contributed by atoms with Crippen LogP contribution in [0.15, 0.2) is 17.0 Å². The van der Waals surface area contributed by atoms with E-state index in [9.17, 15) is 0 Å². The first kappa shape index (κ1) is 32.6. The third-order valence-corrected chi connectivity index (χ3v) is 10.7. The summed E-state index contributed by atoms with van der Waals surface area (Å²) in [5.41, 5.74) is 3.20. The normalized spacial score (nSPS) is 20.0. The van der Waals surface area contributed by atoms with Crippen LogP contribution in [0.2, 0.25) is 0 Å². The zero-order valence-corrected chi connectivity index (χ0v) is 26.4. The first-order chi connectivity index (χ1) is 20.9. The summed E-state index contributed by atoms with van der Waals surface area (Å²) >= 11 is 0.298. The molecule has 0 radical (unpaired) electrons. The van der Waals surface area contributed by atoms with Crippen molar-refractivity contribution in [2.75, 3.05) is 13.7 Å². The number of hydrogen-bond donors (Lipinski definition) is 0. The van der Waals surface area contributed by atoms with Crippen molar-refractivity contribution in [1.29, 1.82) is 0 Å². The van der Waals surface area contributed by atoms with Crippen molar-refractivity contribution >= 4 is 12.0 Å². The molecule has 0 bridgehead atoms. The van der Waals surface area contributed by atoms with Gasteiger partial charge in [-0.2, -0.15) is 8.78 Å². The topological polar surface area (TPSA) is 27.7 Å². The lowest BCUT2D eigenvalue weighted by molar-refractivity contribution is 0.0986. The Morgan fingerprint density at radius 1 is 0.674 bits per heavy atom. The number of rotatable bonds is 11. The van der Waals surface area contributed by atoms with Crippen LogP contribution < -0.4 is 4.74 Å². The van der Waals surface area contributed by atoms with Crippen LogP contribution in [-0.2, 0) is 8.92 Å². The second kappa shape index (κ2) is 15.5. The van der Waals surface area contributed by atoms with E-state index in [2.05, 4.69) is 12.1 Å². The summed E-state index contributed by atoms with van der Waals surface area (Å²) in [6, 6.07) is 4.41. The van der Waals surface area contributed by atoms with Crippen LogP contribution in [0.1, 0.15) is 144 Å². The van der Waals surface area contributed by atoms with Crippen LogP contribution in [-0.4, -0.2) is 19.8 Å². The van der Waals surface area contributed by atoms with Crippen molar-refractivity contribution in [2.24, 2.45) is 0 Å². The molecule has 8 heteroatoms. The molecule has 2 aromatic rings. The van der Waals surface area contributed by atoms with E-state index in [0.29, 0.717) is 30.1 Å². The quantitative estimate of drug-likeness (QED) is 0.108. The minimum Gasteiger partial charge on any atom is -0.450 e. The van der Waals surface area contributed by atoms with Gasteiger partial charge in [0.15, 0.2) is 11.6 Å². The van der Waals surface area contributed by atoms with Gasteiger partial charge in [-0.3, -0.25) is 0 Å². The Balaban J connectivity index is 1.55. The van der Waals surface area contributed by atoms with E-state index in [0.717, 1.165) is 88.2 Å². The fourth-order valence-corrected chi connectivity index (χ4v) is 7.83. The molecule has 0 amide bonds. The van der Waals surface area contributed by atoms with Crippen LogP contribution >= 0.6 is 12.0 Å². The predicted octanol–water partition coefficient (Wildman–Crippen LogP) is 11.6. The van der Waals surface area contributed by atoms with Gasteiger partial charge >= 0.3 is 0 Å². The Labute approximate surface area is 258 Å². The molecule has 2 aromatic carbocycles. The first-order valence-corrected chi connectivity index (χ1v) is 17.2. The highest BCUT2D eigenvalue weighted by Crippen LogP contribution is 2.49. The molecule has 1 atom stereocenters. The summed E-state index contributed by atoms with van der Waals surface area (Å²) in [7, 11) is 1.55. The molecule has 1 unspecified atom stereocenters. The van der Waals surface area contributed by atoms with Gasteiger partial charge in [-0.1, -0.05) is 69.9 Å². The molecule has 3 nitrogen and oxygen atoms in total. The molecule has 0 spiro atoms. The summed E-state index contributed by atoms with van der Waals surface area (Å²) in [5, 5.41) is 0. The number of ether oxygens (including phenoxy) is 2. The van der Waals surface area contributed by atoms with Gasteiger partial charge in [-0.25, -0.2) is 8.78 Å². The Bertz CT molecular complexity index is 1150. The summed E-state index contributed by atoms with van der Waals surface area (Å²) in [5.74, 6) is -5.83. The standard InChI is InChI=1S/C35H46F4O3S/c1-22(40-2)18-19-41-43-35-31(38)29(36)34(30(37)32(35)39)42-33-27(24-14-8-4-9-15-24)20-26(23-12-6-3-7-13-23)21-28(33)25-16-10-5-11-17-25/h20-25H,3-19H2,1-2H3. The van der Waals surface area contributed by atoms with Gasteiger partial charge in [0.1, 0.15) is 10.6 Å². The third kappa shape index (κ3) is 7.73. The maximum atomic E-state index is 15.6. The van der Waals surface area contributed by atoms with Crippen LogP contribution in [0, 0.1) is 23.3 Å². The Morgan fingerprint density at radius 3 is 1.60 bits per heavy atom. The van der Waals surface area contributed by atoms with Gasteiger partial charge in [0.2, 0.25) is 17.4 Å². The van der Waals surface area contributed by atoms with Crippen molar-refractivity contribution in [3.63, 3.8) is 0 Å². The van der Waals surface area contributed by atoms with Gasteiger partial charge in [0.05, 0.1) is 12.7 Å². The second-order valence-corrected chi connectivity index (χ2v) is 13.6. The smallest absolute Gasteiger partial charge is 0.205 e. The Kier molecular flexibility index (Phi) is 11.7. The molecule has 0 aromatic heterocycles.